The second-order valence-electron chi connectivity index (χ2n) is 5.94. The fourth-order valence-corrected chi connectivity index (χ4v) is 2.86. The molecule has 3 rings (SSSR count). The maximum Gasteiger partial charge on any atom is 0.213 e. The zero-order chi connectivity index (χ0) is 17.1. The minimum atomic E-state index is -1.11. The topological polar surface area (TPSA) is 60.4 Å². The first-order valence-corrected chi connectivity index (χ1v) is 7.93. The zero-order valence-corrected chi connectivity index (χ0v) is 14.1. The number of ether oxygens (including phenoxy) is 2. The summed E-state index contributed by atoms with van der Waals surface area (Å²) in [5, 5.41) is 8.29. The lowest BCUT2D eigenvalue weighted by Gasteiger charge is -2.35. The van der Waals surface area contributed by atoms with E-state index in [1.54, 1.807) is 25.4 Å². The number of aromatic nitrogens is 3. The second-order valence-corrected chi connectivity index (χ2v) is 5.94. The molecule has 0 radical (unpaired) electrons. The number of methoxy groups -OCH3 is 1. The van der Waals surface area contributed by atoms with Crippen LogP contribution in [0.25, 0.3) is 0 Å². The Bertz CT molecular complexity index is 695. The lowest BCUT2D eigenvalue weighted by atomic mass is 10.1. The van der Waals surface area contributed by atoms with Gasteiger partial charge in [0.05, 0.1) is 25.5 Å². The van der Waals surface area contributed by atoms with Gasteiger partial charge in [0, 0.05) is 19.0 Å². The number of alkyl halides is 1. The molecule has 0 aromatic carbocycles. The average Bonchev–Trinajstić information content (AvgIpc) is 2.57. The summed E-state index contributed by atoms with van der Waals surface area (Å²) in [6.45, 7) is 4.78. The van der Waals surface area contributed by atoms with Crippen molar-refractivity contribution in [1.29, 1.82) is 0 Å². The fourth-order valence-electron chi connectivity index (χ4n) is 2.86. The Labute approximate surface area is 140 Å². The third kappa shape index (κ3) is 3.55. The molecule has 1 fully saturated rings. The Morgan fingerprint density at radius 1 is 1.25 bits per heavy atom. The second kappa shape index (κ2) is 6.98. The van der Waals surface area contributed by atoms with Gasteiger partial charge >= 0.3 is 0 Å². The molecule has 128 valence electrons. The minimum Gasteiger partial charge on any atom is -0.486 e. The first-order valence-electron chi connectivity index (χ1n) is 7.93. The Kier molecular flexibility index (Phi) is 4.78. The maximum atomic E-state index is 14.6. The largest absolute Gasteiger partial charge is 0.486 e. The van der Waals surface area contributed by atoms with E-state index in [0.29, 0.717) is 24.6 Å². The van der Waals surface area contributed by atoms with Gasteiger partial charge in [0.1, 0.15) is 11.9 Å². The van der Waals surface area contributed by atoms with E-state index in [1.807, 2.05) is 24.8 Å². The van der Waals surface area contributed by atoms with E-state index < -0.39 is 12.3 Å². The predicted molar refractivity (Wildman–Crippen MR) is 88.4 cm³/mol. The summed E-state index contributed by atoms with van der Waals surface area (Å²) >= 11 is 0. The van der Waals surface area contributed by atoms with E-state index in [9.17, 15) is 4.39 Å². The number of hydrogen-bond donors (Lipinski definition) is 0. The highest BCUT2D eigenvalue weighted by Gasteiger charge is 2.32. The van der Waals surface area contributed by atoms with Gasteiger partial charge < -0.3 is 14.4 Å². The summed E-state index contributed by atoms with van der Waals surface area (Å²) in [6, 6.07) is 5.39. The highest BCUT2D eigenvalue weighted by atomic mass is 19.1. The highest BCUT2D eigenvalue weighted by molar-refractivity contribution is 5.46. The molecule has 0 bridgehead atoms. The van der Waals surface area contributed by atoms with Gasteiger partial charge in [-0.15, -0.1) is 5.10 Å². The molecule has 3 heterocycles. The van der Waals surface area contributed by atoms with Crippen molar-refractivity contribution in [1.82, 2.24) is 15.2 Å². The van der Waals surface area contributed by atoms with Gasteiger partial charge in [0.15, 0.2) is 12.0 Å². The first-order chi connectivity index (χ1) is 11.6. The van der Waals surface area contributed by atoms with Crippen LogP contribution in [-0.4, -0.2) is 47.7 Å². The van der Waals surface area contributed by atoms with Crippen molar-refractivity contribution in [3.8, 4) is 11.6 Å². The van der Waals surface area contributed by atoms with Crippen molar-refractivity contribution in [2.24, 2.45) is 0 Å². The van der Waals surface area contributed by atoms with Crippen LogP contribution in [0.15, 0.2) is 24.4 Å². The number of anilines is 1. The van der Waals surface area contributed by atoms with E-state index in [1.165, 1.54) is 0 Å². The van der Waals surface area contributed by atoms with Gasteiger partial charge in [-0.05, 0) is 31.5 Å². The van der Waals surface area contributed by atoms with E-state index in [4.69, 9.17) is 9.47 Å². The van der Waals surface area contributed by atoms with Crippen LogP contribution in [0.3, 0.4) is 0 Å². The molecule has 0 spiro atoms. The molecule has 0 amide bonds. The van der Waals surface area contributed by atoms with Crippen LogP contribution in [0.2, 0.25) is 0 Å². The minimum absolute atomic E-state index is 0.243. The Balaban J connectivity index is 1.64. The number of hydrogen-bond acceptors (Lipinski definition) is 6. The number of piperidine rings is 1. The molecular formula is C17H21FN4O2. The number of rotatable bonds is 4. The third-order valence-electron chi connectivity index (χ3n) is 4.07. The van der Waals surface area contributed by atoms with Crippen molar-refractivity contribution in [2.45, 2.75) is 32.5 Å². The van der Waals surface area contributed by atoms with E-state index in [0.717, 1.165) is 17.1 Å². The summed E-state index contributed by atoms with van der Waals surface area (Å²) in [5.41, 5.74) is 1.87. The van der Waals surface area contributed by atoms with Gasteiger partial charge in [0.25, 0.3) is 0 Å². The van der Waals surface area contributed by atoms with Crippen LogP contribution >= 0.6 is 0 Å². The molecule has 2 aromatic rings. The third-order valence-corrected chi connectivity index (χ3v) is 4.07. The van der Waals surface area contributed by atoms with Gasteiger partial charge in [-0.25, -0.2) is 9.37 Å². The van der Waals surface area contributed by atoms with E-state index >= 15 is 0 Å². The normalized spacial score (nSPS) is 20.8. The van der Waals surface area contributed by atoms with Crippen LogP contribution in [0, 0.1) is 13.8 Å². The van der Waals surface area contributed by atoms with Gasteiger partial charge in [-0.1, -0.05) is 0 Å². The summed E-state index contributed by atoms with van der Waals surface area (Å²) in [5.74, 6) is 1.79. The monoisotopic (exact) mass is 332 g/mol. The quantitative estimate of drug-likeness (QED) is 0.857. The molecule has 6 nitrogen and oxygen atoms in total. The van der Waals surface area contributed by atoms with Crippen LogP contribution in [0.1, 0.15) is 17.7 Å². The molecule has 1 saturated heterocycles. The Morgan fingerprint density at radius 2 is 2.08 bits per heavy atom. The highest BCUT2D eigenvalue weighted by Crippen LogP contribution is 2.26. The van der Waals surface area contributed by atoms with Crippen molar-refractivity contribution >= 4 is 5.82 Å². The van der Waals surface area contributed by atoms with E-state index in [-0.39, 0.29) is 6.54 Å². The lowest BCUT2D eigenvalue weighted by Crippen LogP contribution is -2.47. The summed E-state index contributed by atoms with van der Waals surface area (Å²) in [4.78, 5) is 6.00. The Morgan fingerprint density at radius 3 is 2.71 bits per heavy atom. The summed E-state index contributed by atoms with van der Waals surface area (Å²) < 4.78 is 25.3. The molecule has 0 unspecified atom stereocenters. The Hall–Kier alpha value is -2.44. The smallest absolute Gasteiger partial charge is 0.213 e. The molecule has 1 aliphatic heterocycles. The molecular weight excluding hydrogens is 311 g/mol. The van der Waals surface area contributed by atoms with Crippen LogP contribution in [0.5, 0.6) is 11.6 Å². The molecule has 24 heavy (non-hydrogen) atoms. The van der Waals surface area contributed by atoms with Crippen molar-refractivity contribution < 1.29 is 13.9 Å². The molecule has 0 aliphatic carbocycles. The standard InChI is InChI=1S/C17H21FN4O2/c1-11-8-12(2)20-21-17(11)22-7-6-15(14(18)10-22)24-13-4-5-16(23-3)19-9-13/h4-5,8-9,14-15H,6-7,10H2,1-3H3/t14-,15+/m1/s1. The molecule has 0 saturated carbocycles. The fraction of sp³-hybridized carbons (Fsp3) is 0.471. The van der Waals surface area contributed by atoms with E-state index in [2.05, 4.69) is 15.2 Å². The lowest BCUT2D eigenvalue weighted by molar-refractivity contribution is 0.0814. The number of pyridine rings is 1. The summed E-state index contributed by atoms with van der Waals surface area (Å²) in [7, 11) is 1.55. The van der Waals surface area contributed by atoms with Gasteiger partial charge in [0.2, 0.25) is 5.88 Å². The van der Waals surface area contributed by atoms with Crippen LogP contribution in [-0.2, 0) is 0 Å². The van der Waals surface area contributed by atoms with Crippen molar-refractivity contribution in [3.05, 3.63) is 35.7 Å². The van der Waals surface area contributed by atoms with Gasteiger partial charge in [-0.3, -0.25) is 0 Å². The summed E-state index contributed by atoms with van der Waals surface area (Å²) in [6.07, 6.45) is 0.522. The van der Waals surface area contributed by atoms with Crippen molar-refractivity contribution in [2.75, 3.05) is 25.1 Å². The average molecular weight is 332 g/mol. The SMILES string of the molecule is COc1ccc(O[C@H]2CCN(c3nnc(C)cc3C)C[C@H]2F)cn1. The number of aryl methyl sites for hydroxylation is 2. The molecule has 7 heteroatoms. The molecule has 2 atom stereocenters. The molecule has 0 N–H and O–H groups in total. The first kappa shape index (κ1) is 16.4. The van der Waals surface area contributed by atoms with Crippen LogP contribution in [0.4, 0.5) is 10.2 Å². The van der Waals surface area contributed by atoms with Crippen molar-refractivity contribution in [3.63, 3.8) is 0 Å². The number of halogens is 1. The predicted octanol–water partition coefficient (Wildman–Crippen LogP) is 2.49. The van der Waals surface area contributed by atoms with Gasteiger partial charge in [-0.2, -0.15) is 5.10 Å². The molecule has 1 aliphatic rings. The zero-order valence-electron chi connectivity index (χ0n) is 14.1. The number of nitrogens with zero attached hydrogens (tertiary/aromatic N) is 4. The van der Waals surface area contributed by atoms with Crippen LogP contribution < -0.4 is 14.4 Å². The maximum absolute atomic E-state index is 14.6. The molecule has 2 aromatic heterocycles.